The number of carbonyl (C=O) groups excluding carboxylic acids is 2. The van der Waals surface area contributed by atoms with Crippen molar-refractivity contribution in [2.24, 2.45) is 0 Å². The molecule has 0 unspecified atom stereocenters. The number of esters is 2. The smallest absolute Gasteiger partial charge is 0.338 e. The molecule has 0 aliphatic heterocycles. The molecule has 0 aliphatic rings. The van der Waals surface area contributed by atoms with Crippen molar-refractivity contribution >= 4 is 22.0 Å². The summed E-state index contributed by atoms with van der Waals surface area (Å²) in [5.41, 5.74) is 1.20. The van der Waals surface area contributed by atoms with Crippen molar-refractivity contribution in [3.8, 4) is 0 Å². The summed E-state index contributed by atoms with van der Waals surface area (Å²) in [5, 5.41) is 0. The summed E-state index contributed by atoms with van der Waals surface area (Å²) >= 11 is 0. The monoisotopic (exact) mass is 363 g/mol. The maximum Gasteiger partial charge on any atom is 0.338 e. The van der Waals surface area contributed by atoms with Gasteiger partial charge in [-0.1, -0.05) is 18.2 Å². The van der Waals surface area contributed by atoms with Gasteiger partial charge >= 0.3 is 11.9 Å². The van der Waals surface area contributed by atoms with Gasteiger partial charge in [-0.05, 0) is 42.9 Å². The number of benzene rings is 2. The topological polar surface area (TPSA) is 98.8 Å². The zero-order chi connectivity index (χ0) is 18.4. The first-order chi connectivity index (χ1) is 11.9. The van der Waals surface area contributed by atoms with Gasteiger partial charge in [-0.2, -0.15) is 0 Å². The fraction of sp³-hybridized carbons (Fsp3) is 0.176. The van der Waals surface area contributed by atoms with Crippen LogP contribution in [0.5, 0.6) is 0 Å². The maximum absolute atomic E-state index is 12.1. The van der Waals surface area contributed by atoms with E-state index in [0.29, 0.717) is 11.1 Å². The lowest BCUT2D eigenvalue weighted by Gasteiger charge is -2.07. The fourth-order valence-electron chi connectivity index (χ4n) is 2.00. The van der Waals surface area contributed by atoms with Crippen LogP contribution in [0.1, 0.15) is 26.3 Å². The lowest BCUT2D eigenvalue weighted by molar-refractivity contribution is 0.0471. The van der Waals surface area contributed by atoms with Gasteiger partial charge in [-0.15, -0.1) is 0 Å². The molecule has 7 nitrogen and oxygen atoms in total. The van der Waals surface area contributed by atoms with Gasteiger partial charge in [0.1, 0.15) is 6.61 Å². The molecule has 0 saturated carbocycles. The standard InChI is InChI=1S/C17H17NO6S/c1-18-25(21,22)15-5-3-4-14(10-15)17(20)24-11-12-6-8-13(9-7-12)16(19)23-2/h3-10,18H,11H2,1-2H3. The van der Waals surface area contributed by atoms with Gasteiger partial charge in [0.2, 0.25) is 10.0 Å². The molecule has 0 aromatic heterocycles. The summed E-state index contributed by atoms with van der Waals surface area (Å²) in [7, 11) is -1.06. The first-order valence-corrected chi connectivity index (χ1v) is 8.73. The molecule has 8 heteroatoms. The number of carbonyl (C=O) groups is 2. The first kappa shape index (κ1) is 18.6. The van der Waals surface area contributed by atoms with Crippen molar-refractivity contribution in [1.82, 2.24) is 4.72 Å². The van der Waals surface area contributed by atoms with Crippen LogP contribution in [-0.4, -0.2) is 34.5 Å². The Hall–Kier alpha value is -2.71. The number of hydrogen-bond donors (Lipinski definition) is 1. The lowest BCUT2D eigenvalue weighted by atomic mass is 10.1. The van der Waals surface area contributed by atoms with Gasteiger partial charge < -0.3 is 9.47 Å². The van der Waals surface area contributed by atoms with E-state index in [2.05, 4.69) is 9.46 Å². The van der Waals surface area contributed by atoms with Crippen molar-refractivity contribution in [3.05, 3.63) is 65.2 Å². The molecule has 0 aliphatic carbocycles. The second kappa shape index (κ2) is 7.91. The molecular formula is C17H17NO6S. The molecule has 0 fully saturated rings. The van der Waals surface area contributed by atoms with Crippen LogP contribution in [0.15, 0.2) is 53.4 Å². The van der Waals surface area contributed by atoms with Crippen molar-refractivity contribution in [1.29, 1.82) is 0 Å². The van der Waals surface area contributed by atoms with Gasteiger partial charge in [0.25, 0.3) is 0 Å². The second-order valence-electron chi connectivity index (χ2n) is 5.00. The predicted molar refractivity (Wildman–Crippen MR) is 89.6 cm³/mol. The molecular weight excluding hydrogens is 346 g/mol. The van der Waals surface area contributed by atoms with Gasteiger partial charge in [0, 0.05) is 0 Å². The van der Waals surface area contributed by atoms with E-state index in [4.69, 9.17) is 4.74 Å². The summed E-state index contributed by atoms with van der Waals surface area (Å²) in [4.78, 5) is 23.4. The zero-order valence-corrected chi connectivity index (χ0v) is 14.5. The fourth-order valence-corrected chi connectivity index (χ4v) is 2.77. The Balaban J connectivity index is 2.05. The SMILES string of the molecule is CNS(=O)(=O)c1cccc(C(=O)OCc2ccc(C(=O)OC)cc2)c1. The van der Waals surface area contributed by atoms with Crippen LogP contribution in [0.4, 0.5) is 0 Å². The van der Waals surface area contributed by atoms with E-state index in [-0.39, 0.29) is 17.1 Å². The highest BCUT2D eigenvalue weighted by molar-refractivity contribution is 7.89. The van der Waals surface area contributed by atoms with E-state index < -0.39 is 22.0 Å². The predicted octanol–water partition coefficient (Wildman–Crippen LogP) is 1.74. The van der Waals surface area contributed by atoms with Gasteiger partial charge in [-0.3, -0.25) is 0 Å². The molecule has 25 heavy (non-hydrogen) atoms. The Labute approximate surface area is 145 Å². The average Bonchev–Trinajstić information content (AvgIpc) is 2.66. The highest BCUT2D eigenvalue weighted by atomic mass is 32.2. The summed E-state index contributed by atoms with van der Waals surface area (Å²) in [6.45, 7) is -0.0106. The highest BCUT2D eigenvalue weighted by Crippen LogP contribution is 2.13. The largest absolute Gasteiger partial charge is 0.465 e. The Kier molecular flexibility index (Phi) is 5.89. The van der Waals surface area contributed by atoms with E-state index in [1.165, 1.54) is 38.4 Å². The van der Waals surface area contributed by atoms with Gasteiger partial charge in [-0.25, -0.2) is 22.7 Å². The van der Waals surface area contributed by atoms with Crippen molar-refractivity contribution in [2.45, 2.75) is 11.5 Å². The molecule has 2 rings (SSSR count). The lowest BCUT2D eigenvalue weighted by Crippen LogP contribution is -2.19. The minimum absolute atomic E-state index is 0.0106. The Morgan fingerprint density at radius 3 is 2.28 bits per heavy atom. The van der Waals surface area contributed by atoms with Crippen molar-refractivity contribution in [2.75, 3.05) is 14.2 Å². The Bertz CT molecular complexity index is 874. The summed E-state index contributed by atoms with van der Waals surface area (Å²) in [5.74, 6) is -1.10. The quantitative estimate of drug-likeness (QED) is 0.785. The van der Waals surface area contributed by atoms with Gasteiger partial charge in [0.15, 0.2) is 0 Å². The van der Waals surface area contributed by atoms with E-state index in [0.717, 1.165) is 0 Å². The van der Waals surface area contributed by atoms with Crippen LogP contribution >= 0.6 is 0 Å². The molecule has 0 heterocycles. The number of nitrogens with one attached hydrogen (secondary N) is 1. The average molecular weight is 363 g/mol. The minimum Gasteiger partial charge on any atom is -0.465 e. The Morgan fingerprint density at radius 2 is 1.68 bits per heavy atom. The molecule has 2 aromatic carbocycles. The molecule has 0 saturated heterocycles. The van der Waals surface area contributed by atoms with Crippen LogP contribution in [0.3, 0.4) is 0 Å². The number of rotatable bonds is 6. The van der Waals surface area contributed by atoms with E-state index in [1.54, 1.807) is 24.3 Å². The van der Waals surface area contributed by atoms with E-state index in [1.807, 2.05) is 0 Å². The highest BCUT2D eigenvalue weighted by Gasteiger charge is 2.15. The molecule has 1 N–H and O–H groups in total. The molecule has 0 atom stereocenters. The van der Waals surface area contributed by atoms with Crippen LogP contribution in [-0.2, 0) is 26.1 Å². The summed E-state index contributed by atoms with van der Waals surface area (Å²) < 4.78 is 35.5. The zero-order valence-electron chi connectivity index (χ0n) is 13.7. The molecule has 2 aromatic rings. The number of ether oxygens (including phenoxy) is 2. The maximum atomic E-state index is 12.1. The van der Waals surface area contributed by atoms with Crippen LogP contribution in [0.25, 0.3) is 0 Å². The molecule has 132 valence electrons. The molecule has 0 amide bonds. The normalized spacial score (nSPS) is 11.0. The number of hydrogen-bond acceptors (Lipinski definition) is 6. The van der Waals surface area contributed by atoms with Crippen LogP contribution < -0.4 is 4.72 Å². The summed E-state index contributed by atoms with van der Waals surface area (Å²) in [6, 6.07) is 12.0. The number of sulfonamides is 1. The first-order valence-electron chi connectivity index (χ1n) is 7.25. The second-order valence-corrected chi connectivity index (χ2v) is 6.89. The van der Waals surface area contributed by atoms with Gasteiger partial charge in [0.05, 0.1) is 23.1 Å². The van der Waals surface area contributed by atoms with Crippen molar-refractivity contribution < 1.29 is 27.5 Å². The van der Waals surface area contributed by atoms with Crippen LogP contribution in [0.2, 0.25) is 0 Å². The van der Waals surface area contributed by atoms with E-state index in [9.17, 15) is 18.0 Å². The third kappa shape index (κ3) is 4.65. The minimum atomic E-state index is -3.64. The summed E-state index contributed by atoms with van der Waals surface area (Å²) in [6.07, 6.45) is 0. The Morgan fingerprint density at radius 1 is 1.00 bits per heavy atom. The van der Waals surface area contributed by atoms with Crippen molar-refractivity contribution in [3.63, 3.8) is 0 Å². The van der Waals surface area contributed by atoms with E-state index >= 15 is 0 Å². The number of methoxy groups -OCH3 is 1. The third-order valence-electron chi connectivity index (χ3n) is 3.39. The molecule has 0 spiro atoms. The molecule has 0 radical (unpaired) electrons. The third-order valence-corrected chi connectivity index (χ3v) is 4.81. The van der Waals surface area contributed by atoms with Crippen LogP contribution in [0, 0.1) is 0 Å². The molecule has 0 bridgehead atoms.